The summed E-state index contributed by atoms with van der Waals surface area (Å²) in [6.45, 7) is 3.27. The van der Waals surface area contributed by atoms with Crippen molar-refractivity contribution in [2.45, 2.75) is 11.7 Å². The molecule has 1 aromatic carbocycles. The topological polar surface area (TPSA) is 81.2 Å². The Morgan fingerprint density at radius 3 is 3.00 bits per heavy atom. The van der Waals surface area contributed by atoms with Gasteiger partial charge in [0.1, 0.15) is 11.9 Å². The third kappa shape index (κ3) is 3.70. The highest BCUT2D eigenvalue weighted by molar-refractivity contribution is 8.02. The molecular formula is C20H22N6O2S. The third-order valence-corrected chi connectivity index (χ3v) is 5.92. The number of nitrogens with zero attached hydrogens (tertiary/aromatic N) is 3. The number of carbonyl (C=O) groups excluding carboxylic acids is 1. The molecule has 1 fully saturated rings. The second-order valence-electron chi connectivity index (χ2n) is 6.94. The number of amides is 1. The normalized spacial score (nSPS) is 25.1. The van der Waals surface area contributed by atoms with Crippen LogP contribution in [0.5, 0.6) is 0 Å². The second kappa shape index (κ2) is 7.84. The number of allylic oxidation sites excluding steroid dienone is 1. The van der Waals surface area contributed by atoms with Gasteiger partial charge in [0.05, 0.1) is 18.9 Å². The first kappa shape index (κ1) is 18.1. The molecule has 4 aliphatic rings. The van der Waals surface area contributed by atoms with Gasteiger partial charge in [-0.1, -0.05) is 23.9 Å². The average molecular weight is 411 g/mol. The number of thioether (sulfide) groups is 1. The molecule has 0 bridgehead atoms. The van der Waals surface area contributed by atoms with Gasteiger partial charge in [-0.25, -0.2) is 5.01 Å². The number of rotatable bonds is 4. The fourth-order valence-electron chi connectivity index (χ4n) is 3.60. The Balaban J connectivity index is 1.34. The van der Waals surface area contributed by atoms with Crippen molar-refractivity contribution in [1.82, 2.24) is 21.0 Å². The van der Waals surface area contributed by atoms with Crippen LogP contribution in [-0.2, 0) is 9.53 Å². The number of fused-ring (bicyclic) bond motifs is 1. The third-order valence-electron chi connectivity index (χ3n) is 5.10. The zero-order valence-electron chi connectivity index (χ0n) is 15.7. The maximum Gasteiger partial charge on any atom is 0.273 e. The van der Waals surface area contributed by atoms with Crippen molar-refractivity contribution in [3.8, 4) is 0 Å². The minimum atomic E-state index is -0.172. The van der Waals surface area contributed by atoms with Crippen molar-refractivity contribution in [3.05, 3.63) is 65.5 Å². The molecule has 9 heteroatoms. The lowest BCUT2D eigenvalue weighted by molar-refractivity contribution is -0.119. The molecule has 3 N–H and O–H groups in total. The lowest BCUT2D eigenvalue weighted by Crippen LogP contribution is -2.43. The molecule has 1 saturated heterocycles. The molecular weight excluding hydrogens is 388 g/mol. The van der Waals surface area contributed by atoms with Gasteiger partial charge in [0, 0.05) is 36.7 Å². The van der Waals surface area contributed by atoms with Crippen molar-refractivity contribution in [2.24, 2.45) is 5.10 Å². The SMILES string of the molecule is O=C(NC1NC=CS1)C1=CNC2C=CC(c3cccc(N4CCOCC4)c3)=NN12. The summed E-state index contributed by atoms with van der Waals surface area (Å²) in [5.74, 6) is -0.172. The van der Waals surface area contributed by atoms with Crippen molar-refractivity contribution in [1.29, 1.82) is 0 Å². The van der Waals surface area contributed by atoms with Gasteiger partial charge >= 0.3 is 0 Å². The van der Waals surface area contributed by atoms with Crippen LogP contribution in [0.1, 0.15) is 5.56 Å². The van der Waals surface area contributed by atoms with E-state index in [4.69, 9.17) is 9.84 Å². The summed E-state index contributed by atoms with van der Waals surface area (Å²) in [5, 5.41) is 17.6. The van der Waals surface area contributed by atoms with Gasteiger partial charge < -0.3 is 25.6 Å². The van der Waals surface area contributed by atoms with E-state index in [0.29, 0.717) is 5.70 Å². The maximum absolute atomic E-state index is 12.7. The highest BCUT2D eigenvalue weighted by atomic mass is 32.2. The predicted octanol–water partition coefficient (Wildman–Crippen LogP) is 1.08. The van der Waals surface area contributed by atoms with E-state index in [1.807, 2.05) is 35.9 Å². The molecule has 5 rings (SSSR count). The van der Waals surface area contributed by atoms with E-state index >= 15 is 0 Å². The molecule has 0 spiro atoms. The minimum absolute atomic E-state index is 0.149. The Morgan fingerprint density at radius 1 is 1.28 bits per heavy atom. The van der Waals surface area contributed by atoms with E-state index in [1.54, 1.807) is 11.2 Å². The Hall–Kier alpha value is -2.91. The Labute approximate surface area is 173 Å². The summed E-state index contributed by atoms with van der Waals surface area (Å²) < 4.78 is 5.45. The molecule has 150 valence electrons. The summed E-state index contributed by atoms with van der Waals surface area (Å²) in [7, 11) is 0. The fraction of sp³-hybridized carbons (Fsp3) is 0.300. The van der Waals surface area contributed by atoms with Crippen molar-refractivity contribution < 1.29 is 9.53 Å². The number of hydrazone groups is 1. The van der Waals surface area contributed by atoms with Gasteiger partial charge in [-0.05, 0) is 29.7 Å². The van der Waals surface area contributed by atoms with E-state index in [9.17, 15) is 4.79 Å². The van der Waals surface area contributed by atoms with Crippen LogP contribution < -0.4 is 20.9 Å². The first-order chi connectivity index (χ1) is 14.3. The van der Waals surface area contributed by atoms with Gasteiger partial charge in [0.2, 0.25) is 0 Å². The summed E-state index contributed by atoms with van der Waals surface area (Å²) >= 11 is 1.52. The molecule has 0 aromatic heterocycles. The molecule has 1 aromatic rings. The van der Waals surface area contributed by atoms with E-state index in [2.05, 4.69) is 33.0 Å². The summed E-state index contributed by atoms with van der Waals surface area (Å²) in [5.41, 5.74) is 3.35. The number of carbonyl (C=O) groups is 1. The molecule has 2 atom stereocenters. The Morgan fingerprint density at radius 2 is 2.17 bits per heavy atom. The zero-order chi connectivity index (χ0) is 19.6. The number of morpholine rings is 1. The molecule has 4 aliphatic heterocycles. The highest BCUT2D eigenvalue weighted by Gasteiger charge is 2.32. The van der Waals surface area contributed by atoms with Gasteiger partial charge in [0.15, 0.2) is 5.50 Å². The van der Waals surface area contributed by atoms with E-state index in [-0.39, 0.29) is 17.6 Å². The highest BCUT2D eigenvalue weighted by Crippen LogP contribution is 2.24. The molecule has 0 saturated carbocycles. The lowest BCUT2D eigenvalue weighted by atomic mass is 10.1. The summed E-state index contributed by atoms with van der Waals surface area (Å²) in [6.07, 6.45) is 7.41. The van der Waals surface area contributed by atoms with Crippen LogP contribution in [0.3, 0.4) is 0 Å². The molecule has 0 aliphatic carbocycles. The molecule has 8 nitrogen and oxygen atoms in total. The standard InChI is InChI=1S/C20H22N6O2S/c27-19(23-20-21-6-11-29-20)17-13-22-18-5-4-16(24-26(17)18)14-2-1-3-15(12-14)25-7-9-28-10-8-25/h1-6,11-13,18,20-22H,7-10H2,(H,23,27). The second-order valence-corrected chi connectivity index (χ2v) is 7.95. The predicted molar refractivity (Wildman–Crippen MR) is 114 cm³/mol. The smallest absolute Gasteiger partial charge is 0.273 e. The van der Waals surface area contributed by atoms with Crippen molar-refractivity contribution >= 4 is 29.1 Å². The number of hydrogen-bond acceptors (Lipinski definition) is 8. The zero-order valence-corrected chi connectivity index (χ0v) is 16.6. The van der Waals surface area contributed by atoms with Crippen molar-refractivity contribution in [3.63, 3.8) is 0 Å². The Kier molecular flexibility index (Phi) is 4.91. The largest absolute Gasteiger partial charge is 0.378 e. The molecule has 1 amide bonds. The fourth-order valence-corrected chi connectivity index (χ4v) is 4.24. The van der Waals surface area contributed by atoms with Crippen LogP contribution in [0.2, 0.25) is 0 Å². The lowest BCUT2D eigenvalue weighted by Gasteiger charge is -2.29. The minimum Gasteiger partial charge on any atom is -0.378 e. The summed E-state index contributed by atoms with van der Waals surface area (Å²) in [6, 6.07) is 8.35. The van der Waals surface area contributed by atoms with Crippen LogP contribution in [-0.4, -0.2) is 54.6 Å². The quantitative estimate of drug-likeness (QED) is 0.685. The summed E-state index contributed by atoms with van der Waals surface area (Å²) in [4.78, 5) is 15.0. The van der Waals surface area contributed by atoms with Gasteiger partial charge in [-0.15, -0.1) is 0 Å². The van der Waals surface area contributed by atoms with Gasteiger partial charge in [-0.3, -0.25) is 4.79 Å². The molecule has 29 heavy (non-hydrogen) atoms. The van der Waals surface area contributed by atoms with Gasteiger partial charge in [0.25, 0.3) is 5.91 Å². The van der Waals surface area contributed by atoms with Crippen LogP contribution in [0, 0.1) is 0 Å². The number of ether oxygens (including phenoxy) is 1. The van der Waals surface area contributed by atoms with E-state index < -0.39 is 0 Å². The first-order valence-corrected chi connectivity index (χ1v) is 10.5. The van der Waals surface area contributed by atoms with Crippen LogP contribution >= 0.6 is 11.8 Å². The number of hydrogen-bond donors (Lipinski definition) is 3. The first-order valence-electron chi connectivity index (χ1n) is 9.61. The van der Waals surface area contributed by atoms with Crippen LogP contribution in [0.4, 0.5) is 5.69 Å². The van der Waals surface area contributed by atoms with Gasteiger partial charge in [-0.2, -0.15) is 5.10 Å². The van der Waals surface area contributed by atoms with Crippen LogP contribution in [0.25, 0.3) is 0 Å². The number of anilines is 1. The molecule has 2 unspecified atom stereocenters. The number of nitrogens with one attached hydrogen (secondary N) is 3. The maximum atomic E-state index is 12.7. The Bertz CT molecular complexity index is 913. The molecule has 4 heterocycles. The number of benzene rings is 1. The monoisotopic (exact) mass is 410 g/mol. The van der Waals surface area contributed by atoms with E-state index in [0.717, 1.165) is 43.3 Å². The van der Waals surface area contributed by atoms with Crippen molar-refractivity contribution in [2.75, 3.05) is 31.2 Å². The van der Waals surface area contributed by atoms with Crippen LogP contribution in [0.15, 0.2) is 65.0 Å². The molecule has 0 radical (unpaired) electrons. The van der Waals surface area contributed by atoms with E-state index in [1.165, 1.54) is 11.8 Å². The average Bonchev–Trinajstić information content (AvgIpc) is 3.43.